The number of fused-ring (bicyclic) bond motifs is 4. The van der Waals surface area contributed by atoms with Crippen LogP contribution in [0.3, 0.4) is 0 Å². The number of aromatic hydroxyl groups is 1. The maximum atomic E-state index is 15.8. The molecule has 5 aromatic rings. The maximum absolute atomic E-state index is 15.8. The van der Waals surface area contributed by atoms with Crippen LogP contribution in [0.25, 0.3) is 21.8 Å². The second kappa shape index (κ2) is 50.3. The molecule has 2 aromatic heterocycles. The highest BCUT2D eigenvalue weighted by atomic mass is 32.2. The number of unbranched alkanes of at least 4 members (excludes halogenated alkanes) is 2. The number of nitrogens with zero attached hydrogens (tertiary/aromatic N) is 5. The Balaban J connectivity index is 1.21. The van der Waals surface area contributed by atoms with E-state index in [1.807, 2.05) is 0 Å². The third kappa shape index (κ3) is 29.7. The van der Waals surface area contributed by atoms with Crippen LogP contribution in [0.1, 0.15) is 147 Å². The van der Waals surface area contributed by atoms with Crippen molar-refractivity contribution in [3.63, 3.8) is 0 Å². The molecular formula is C89H120N18O26S. The Morgan fingerprint density at radius 3 is 1.58 bits per heavy atom. The van der Waals surface area contributed by atoms with E-state index in [1.165, 1.54) is 45.3 Å². The van der Waals surface area contributed by atoms with Crippen LogP contribution in [0.4, 0.5) is 0 Å². The number of primary amides is 2. The number of nitrogens with one attached hydrogen (secondary N) is 11. The number of aliphatic hydroxyl groups excluding tert-OH is 2. The van der Waals surface area contributed by atoms with E-state index >= 15 is 33.6 Å². The zero-order valence-electron chi connectivity index (χ0n) is 75.3. The van der Waals surface area contributed by atoms with Crippen LogP contribution in [0.15, 0.2) is 85.2 Å². The minimum absolute atomic E-state index is 0.0863. The highest BCUT2D eigenvalue weighted by molar-refractivity contribution is 8.00. The smallest absolute Gasteiger partial charge is 0.303 e. The summed E-state index contributed by atoms with van der Waals surface area (Å²) >= 11 is 0.679. The molecule has 0 aliphatic carbocycles. The number of ketones is 1. The summed E-state index contributed by atoms with van der Waals surface area (Å²) < 4.78 is 0. The molecule has 21 N–H and O–H groups in total. The first-order valence-electron chi connectivity index (χ1n) is 44.2. The van der Waals surface area contributed by atoms with Crippen molar-refractivity contribution in [3.8, 4) is 5.75 Å². The number of phenols is 1. The molecule has 3 aromatic carbocycles. The van der Waals surface area contributed by atoms with E-state index < -0.39 is 298 Å². The summed E-state index contributed by atoms with van der Waals surface area (Å²) in [5.41, 5.74) is 13.4. The first-order valence-corrected chi connectivity index (χ1v) is 45.4. The van der Waals surface area contributed by atoms with Gasteiger partial charge in [0, 0.05) is 125 Å². The van der Waals surface area contributed by atoms with E-state index in [2.05, 4.69) is 57.8 Å². The summed E-state index contributed by atoms with van der Waals surface area (Å²) in [5.74, 6) is -25.2. The average molecular weight is 1890 g/mol. The van der Waals surface area contributed by atoms with Gasteiger partial charge in [-0.15, -0.1) is 11.8 Å². The zero-order chi connectivity index (χ0) is 98.5. The van der Waals surface area contributed by atoms with Crippen molar-refractivity contribution >= 4 is 152 Å². The molecule has 44 nitrogen and oxygen atoms in total. The number of hydrogen-bond acceptors (Lipinski definition) is 24. The third-order valence-corrected chi connectivity index (χ3v) is 24.9. The topological polar surface area (TPSA) is 671 Å². The van der Waals surface area contributed by atoms with Crippen molar-refractivity contribution in [2.75, 3.05) is 58.9 Å². The Bertz CT molecular complexity index is 5120. The van der Waals surface area contributed by atoms with Gasteiger partial charge in [0.2, 0.25) is 94.5 Å². The molecule has 0 unspecified atom stereocenters. The van der Waals surface area contributed by atoms with Gasteiger partial charge in [0.05, 0.1) is 37.5 Å². The number of phenolic OH excluding ortho intramolecular Hbond substituents is 1. The molecule has 16 amide bonds. The number of hydrogen-bond donors (Lipinski definition) is 19. The molecule has 0 bridgehead atoms. The highest BCUT2D eigenvalue weighted by Gasteiger charge is 2.47. The fourth-order valence-electron chi connectivity index (χ4n) is 16.3. The molecule has 0 radical (unpaired) electrons. The number of likely N-dealkylation sites (N-methyl/N-ethyl adjacent to an activating group) is 3. The molecule has 8 rings (SSSR count). The number of carboxylic acids is 3. The largest absolute Gasteiger partial charge is 0.508 e. The number of amides is 16. The van der Waals surface area contributed by atoms with Gasteiger partial charge in [-0.25, -0.2) is 0 Å². The van der Waals surface area contributed by atoms with Gasteiger partial charge in [-0.1, -0.05) is 88.1 Å². The van der Waals surface area contributed by atoms with Gasteiger partial charge in [-0.05, 0) is 99.2 Å². The van der Waals surface area contributed by atoms with Gasteiger partial charge < -0.3 is 124 Å². The summed E-state index contributed by atoms with van der Waals surface area (Å²) in [4.78, 5) is 296. The second-order valence-electron chi connectivity index (χ2n) is 33.7. The lowest BCUT2D eigenvalue weighted by molar-refractivity contribution is -0.149. The molecule has 0 saturated carbocycles. The minimum atomic E-state index is -1.99. The Hall–Kier alpha value is -13.6. The second-order valence-corrected chi connectivity index (χ2v) is 34.7. The van der Waals surface area contributed by atoms with Crippen molar-refractivity contribution in [2.24, 2.45) is 17.4 Å². The van der Waals surface area contributed by atoms with Gasteiger partial charge in [-0.2, -0.15) is 0 Å². The number of carboxylic acid groups (broad SMARTS) is 3. The molecule has 3 aliphatic heterocycles. The predicted molar refractivity (Wildman–Crippen MR) is 481 cm³/mol. The van der Waals surface area contributed by atoms with Crippen molar-refractivity contribution in [1.82, 2.24) is 82.3 Å². The number of H-pyrrole nitrogens is 2. The Labute approximate surface area is 774 Å². The van der Waals surface area contributed by atoms with E-state index in [-0.39, 0.29) is 70.1 Å². The summed E-state index contributed by atoms with van der Waals surface area (Å²) in [6.45, 7) is 1.93. The number of Topliss-reactive ketones (excluding diaryl/α,β-unsaturated/α-hetero) is 1. The van der Waals surface area contributed by atoms with E-state index in [9.17, 15) is 93.0 Å². The number of nitrogens with two attached hydrogens (primary N) is 2. The first kappa shape index (κ1) is 106. The molecule has 3 saturated heterocycles. The molecule has 3 aliphatic rings. The van der Waals surface area contributed by atoms with Crippen LogP contribution in [-0.2, 0) is 115 Å². The Morgan fingerprint density at radius 2 is 1.01 bits per heavy atom. The average Bonchev–Trinajstić information content (AvgIpc) is 1.55. The van der Waals surface area contributed by atoms with Crippen LogP contribution >= 0.6 is 11.8 Å². The molecule has 134 heavy (non-hydrogen) atoms. The highest BCUT2D eigenvalue weighted by Crippen LogP contribution is 2.30. The number of rotatable bonds is 27. The van der Waals surface area contributed by atoms with E-state index in [0.29, 0.717) is 63.1 Å². The molecule has 5 heterocycles. The quantitative estimate of drug-likeness (QED) is 0.0258. The number of aliphatic carboxylic acids is 3. The molecule has 15 atom stereocenters. The summed E-state index contributed by atoms with van der Waals surface area (Å²) in [6, 6.07) is -3.06. The van der Waals surface area contributed by atoms with Crippen molar-refractivity contribution in [2.45, 2.75) is 234 Å². The number of carbonyl (C=O) groups excluding carboxylic acids is 17. The lowest BCUT2D eigenvalue weighted by atomic mass is 9.90. The first-order chi connectivity index (χ1) is 63.6. The number of aliphatic hydroxyl groups is 2. The fraction of sp³-hybridized carbons (Fsp3) is 0.528. The zero-order valence-corrected chi connectivity index (χ0v) is 76.1. The van der Waals surface area contributed by atoms with E-state index in [0.717, 1.165) is 31.5 Å². The van der Waals surface area contributed by atoms with Crippen molar-refractivity contribution in [1.29, 1.82) is 0 Å². The minimum Gasteiger partial charge on any atom is -0.508 e. The molecule has 0 spiro atoms. The summed E-state index contributed by atoms with van der Waals surface area (Å²) in [5, 5.41) is 86.0. The van der Waals surface area contributed by atoms with Gasteiger partial charge in [0.25, 0.3) is 0 Å². The van der Waals surface area contributed by atoms with Gasteiger partial charge in [0.1, 0.15) is 78.3 Å². The van der Waals surface area contributed by atoms with Crippen LogP contribution < -0.4 is 59.3 Å². The molecule has 728 valence electrons. The summed E-state index contributed by atoms with van der Waals surface area (Å²) in [7, 11) is 3.69. The molecule has 3 fully saturated rings. The number of thioether (sulfide) groups is 1. The lowest BCUT2D eigenvalue weighted by Crippen LogP contribution is -2.60. The third-order valence-electron chi connectivity index (χ3n) is 23.9. The number of carbonyl (C=O) groups is 20. The van der Waals surface area contributed by atoms with E-state index in [4.69, 9.17) is 11.5 Å². The van der Waals surface area contributed by atoms with Crippen LogP contribution in [0, 0.1) is 5.92 Å². The van der Waals surface area contributed by atoms with Crippen molar-refractivity contribution < 1.29 is 127 Å². The monoisotopic (exact) mass is 1890 g/mol. The van der Waals surface area contributed by atoms with Crippen molar-refractivity contribution in [3.05, 3.63) is 102 Å². The maximum Gasteiger partial charge on any atom is 0.303 e. The number of aromatic nitrogens is 2. The lowest BCUT2D eigenvalue weighted by Gasteiger charge is -2.36. The summed E-state index contributed by atoms with van der Waals surface area (Å²) in [6.07, 6.45) is -4.88. The van der Waals surface area contributed by atoms with Gasteiger partial charge in [0.15, 0.2) is 5.78 Å². The standard InChI is InChI=1S/C89H120N18O26S/c1-7-9-20-66-83(127)97-59(28-31-75(117)118)81(125)102-65(79(123)94-42-72(91)113)45-134-46-73(114)95-61(34-48-23-25-52(109)26-24-48)85(129)103(4)47(3)77(121)99-63(39-71(90)112)88(132)106-33-15-22-67(106)84(128)101-64(44-108)82(126)98-60(29-32-76(119)120)87(131)107-43-53(110)38-69(107)70(111)37-49(35-50-40-92-56-18-13-11-16-54(50)56)78(122)96-58(27-30-74(115)116)80(124)100-62(36-51-41-93-57-19-14-12-17-55(51)57)86(130)105(6)68(21-10-8-2)89(133)104(66)5/h11-14,16-19,23-26,40-41,47,49,53,58-69,92-93,108-110H,7-10,15,20-22,27-39,42-46H2,1-6H3,(H2,90,112)(H2,91,113)(H,94,123)(H,95,114)(H,96,122)(H,97,127)(H,98,126)(H,99,121)(H,100,124)(H,101,128)(H,102,125)(H,115,116)(H,117,118)(H,119,120)/t47-,49+,53+,58-,59-,60-,61-,62-,63-,64-,65-,66-,67-,68-,69-/m0/s1. The Kier molecular flexibility index (Phi) is 39.7. The molecular weight excluding hydrogens is 1770 g/mol. The fourth-order valence-corrected chi connectivity index (χ4v) is 17.2. The van der Waals surface area contributed by atoms with Crippen LogP contribution in [-0.4, -0.2) is 327 Å². The van der Waals surface area contributed by atoms with E-state index in [1.54, 1.807) is 74.8 Å². The number of para-hydroxylation sites is 2. The SMILES string of the molecule is CCCC[C@H]1C(=O)N(C)[C@@H](CCCC)C(=O)N[C@@H](CCC(=O)O)C(=O)N[C@H](C(=O)NCC(N)=O)CSCC(=O)N[C@@H](Cc2ccc(O)cc2)C(=O)N(C)[C@@H](C)C(=O)N[C@@H](CC(N)=O)C(=O)N2CCC[C@H]2C(=O)N[C@@H](CO)C(=O)N[C@@H](CCC(=O)O)C(=O)N2C[C@H](O)C[C@H]2C(=O)C[C@@H](Cc2c[nH]c3ccccc23)C(=O)N[C@@H](CCC(=O)O)C(=O)N[C@@H](Cc2c[nH]c3ccccc23)C(=O)N1C. The predicted octanol–water partition coefficient (Wildman–Crippen LogP) is -2.52. The van der Waals surface area contributed by atoms with Crippen LogP contribution in [0.2, 0.25) is 0 Å². The van der Waals surface area contributed by atoms with Crippen LogP contribution in [0.5, 0.6) is 5.75 Å². The normalized spacial score (nSPS) is 24.8. The van der Waals surface area contributed by atoms with Gasteiger partial charge in [-0.3, -0.25) is 95.9 Å². The molecule has 45 heteroatoms. The Morgan fingerprint density at radius 1 is 0.507 bits per heavy atom. The van der Waals surface area contributed by atoms with Gasteiger partial charge >= 0.3 is 17.9 Å². The number of benzene rings is 3. The number of aromatic amines is 2.